The molecule has 0 aliphatic heterocycles. The fourth-order valence-electron chi connectivity index (χ4n) is 3.10. The Hall–Kier alpha value is -4.40. The number of carbonyl (C=O) groups excluding carboxylic acids is 1. The summed E-state index contributed by atoms with van der Waals surface area (Å²) in [6, 6.07) is 16.0. The lowest BCUT2D eigenvalue weighted by molar-refractivity contribution is 0.102. The standard InChI is InChI=1S/C23H22N6O3/c1-15-25-21(14-22(26-15)29-12-4-11-24-29)27-17-6-8-18(9-7-17)28-23(30)16-5-10-19(31-2)20(13-16)32-3/h4-14H,1-3H3,(H,28,30)(H,25,26,27). The topological polar surface area (TPSA) is 103 Å². The molecule has 0 bridgehead atoms. The van der Waals surface area contributed by atoms with Gasteiger partial charge in [0.1, 0.15) is 11.6 Å². The van der Waals surface area contributed by atoms with Crippen LogP contribution in [0, 0.1) is 6.92 Å². The average Bonchev–Trinajstić information content (AvgIpc) is 3.34. The summed E-state index contributed by atoms with van der Waals surface area (Å²) in [6.45, 7) is 1.82. The zero-order valence-electron chi connectivity index (χ0n) is 17.9. The Morgan fingerprint density at radius 1 is 0.938 bits per heavy atom. The van der Waals surface area contributed by atoms with Gasteiger partial charge in [-0.3, -0.25) is 4.79 Å². The summed E-state index contributed by atoms with van der Waals surface area (Å²) in [5.41, 5.74) is 1.94. The molecule has 0 aliphatic rings. The van der Waals surface area contributed by atoms with Gasteiger partial charge >= 0.3 is 0 Å². The second kappa shape index (κ2) is 9.17. The van der Waals surface area contributed by atoms with Crippen molar-refractivity contribution in [1.82, 2.24) is 19.7 Å². The molecule has 0 spiro atoms. The smallest absolute Gasteiger partial charge is 0.255 e. The Morgan fingerprint density at radius 3 is 2.38 bits per heavy atom. The molecule has 2 heterocycles. The average molecular weight is 430 g/mol. The van der Waals surface area contributed by atoms with E-state index in [9.17, 15) is 4.79 Å². The van der Waals surface area contributed by atoms with Crippen molar-refractivity contribution in [1.29, 1.82) is 0 Å². The molecule has 4 aromatic rings. The van der Waals surface area contributed by atoms with Gasteiger partial charge in [0, 0.05) is 35.4 Å². The van der Waals surface area contributed by atoms with E-state index in [1.807, 2.05) is 49.5 Å². The number of amides is 1. The van der Waals surface area contributed by atoms with E-state index >= 15 is 0 Å². The van der Waals surface area contributed by atoms with Gasteiger partial charge in [-0.1, -0.05) is 0 Å². The van der Waals surface area contributed by atoms with E-state index in [2.05, 4.69) is 25.7 Å². The zero-order valence-corrected chi connectivity index (χ0v) is 17.9. The minimum absolute atomic E-state index is 0.248. The highest BCUT2D eigenvalue weighted by molar-refractivity contribution is 6.04. The second-order valence-electron chi connectivity index (χ2n) is 6.84. The van der Waals surface area contributed by atoms with Gasteiger partial charge in [0.15, 0.2) is 17.3 Å². The summed E-state index contributed by atoms with van der Waals surface area (Å²) >= 11 is 0. The first-order chi connectivity index (χ1) is 15.6. The molecule has 32 heavy (non-hydrogen) atoms. The second-order valence-corrected chi connectivity index (χ2v) is 6.84. The van der Waals surface area contributed by atoms with Crippen LogP contribution in [-0.4, -0.2) is 39.9 Å². The van der Waals surface area contributed by atoms with Gasteiger partial charge in [-0.15, -0.1) is 0 Å². The number of anilines is 3. The molecule has 0 unspecified atom stereocenters. The Labute approximate surface area is 185 Å². The Bertz CT molecular complexity index is 1220. The van der Waals surface area contributed by atoms with Crippen molar-refractivity contribution in [3.05, 3.63) is 78.4 Å². The molecule has 0 saturated carbocycles. The molecule has 0 fully saturated rings. The maximum Gasteiger partial charge on any atom is 0.255 e. The number of hydrogen-bond acceptors (Lipinski definition) is 7. The van der Waals surface area contributed by atoms with E-state index in [0.717, 1.165) is 5.69 Å². The molecule has 2 aromatic heterocycles. The quantitative estimate of drug-likeness (QED) is 0.457. The first-order valence-corrected chi connectivity index (χ1v) is 9.82. The van der Waals surface area contributed by atoms with Crippen LogP contribution in [0.5, 0.6) is 11.5 Å². The van der Waals surface area contributed by atoms with Crippen LogP contribution < -0.4 is 20.1 Å². The van der Waals surface area contributed by atoms with Crippen LogP contribution in [0.15, 0.2) is 67.0 Å². The Morgan fingerprint density at radius 2 is 1.69 bits per heavy atom. The maximum atomic E-state index is 12.6. The predicted octanol–water partition coefficient (Wildman–Crippen LogP) is 3.98. The molecule has 1 amide bonds. The van der Waals surface area contributed by atoms with E-state index in [1.54, 1.807) is 36.2 Å². The number of rotatable bonds is 7. The van der Waals surface area contributed by atoms with Crippen LogP contribution >= 0.6 is 0 Å². The van der Waals surface area contributed by atoms with Crippen LogP contribution in [0.2, 0.25) is 0 Å². The lowest BCUT2D eigenvalue weighted by atomic mass is 10.1. The van der Waals surface area contributed by atoms with Crippen LogP contribution in [0.1, 0.15) is 16.2 Å². The van der Waals surface area contributed by atoms with Crippen molar-refractivity contribution >= 4 is 23.1 Å². The Kier molecular flexibility index (Phi) is 5.98. The Balaban J connectivity index is 1.45. The number of aromatic nitrogens is 4. The summed E-state index contributed by atoms with van der Waals surface area (Å²) in [6.07, 6.45) is 3.51. The molecule has 0 saturated heterocycles. The van der Waals surface area contributed by atoms with Crippen molar-refractivity contribution in [3.8, 4) is 17.3 Å². The molecule has 0 aliphatic carbocycles. The van der Waals surface area contributed by atoms with Gasteiger partial charge in [-0.05, 0) is 55.5 Å². The molecular formula is C23H22N6O3. The van der Waals surface area contributed by atoms with Crippen molar-refractivity contribution in [2.45, 2.75) is 6.92 Å². The molecule has 0 radical (unpaired) electrons. The van der Waals surface area contributed by atoms with Gasteiger partial charge in [0.05, 0.1) is 14.2 Å². The van der Waals surface area contributed by atoms with Crippen LogP contribution in [0.3, 0.4) is 0 Å². The first-order valence-electron chi connectivity index (χ1n) is 9.82. The molecule has 9 nitrogen and oxygen atoms in total. The van der Waals surface area contributed by atoms with Gasteiger partial charge < -0.3 is 20.1 Å². The van der Waals surface area contributed by atoms with Gasteiger partial charge in [0.25, 0.3) is 5.91 Å². The number of carbonyl (C=O) groups is 1. The van der Waals surface area contributed by atoms with Gasteiger partial charge in [-0.2, -0.15) is 5.10 Å². The number of nitrogens with zero attached hydrogens (tertiary/aromatic N) is 4. The van der Waals surface area contributed by atoms with Crippen molar-refractivity contribution in [2.75, 3.05) is 24.9 Å². The molecule has 2 N–H and O–H groups in total. The monoisotopic (exact) mass is 430 g/mol. The number of hydrogen-bond donors (Lipinski definition) is 2. The van der Waals surface area contributed by atoms with Crippen molar-refractivity contribution in [2.24, 2.45) is 0 Å². The van der Waals surface area contributed by atoms with Crippen LogP contribution in [-0.2, 0) is 0 Å². The molecule has 2 aromatic carbocycles. The number of nitrogens with one attached hydrogen (secondary N) is 2. The molecular weight excluding hydrogens is 408 g/mol. The van der Waals surface area contributed by atoms with Crippen molar-refractivity contribution in [3.63, 3.8) is 0 Å². The number of methoxy groups -OCH3 is 2. The summed E-state index contributed by atoms with van der Waals surface area (Å²) in [4.78, 5) is 21.4. The fraction of sp³-hybridized carbons (Fsp3) is 0.130. The lowest BCUT2D eigenvalue weighted by Gasteiger charge is -2.11. The third-order valence-corrected chi connectivity index (χ3v) is 4.62. The normalized spacial score (nSPS) is 10.5. The minimum Gasteiger partial charge on any atom is -0.493 e. The van der Waals surface area contributed by atoms with Gasteiger partial charge in [-0.25, -0.2) is 14.6 Å². The van der Waals surface area contributed by atoms with E-state index in [-0.39, 0.29) is 5.91 Å². The maximum absolute atomic E-state index is 12.6. The van der Waals surface area contributed by atoms with Crippen LogP contribution in [0.25, 0.3) is 5.82 Å². The predicted molar refractivity (Wildman–Crippen MR) is 121 cm³/mol. The van der Waals surface area contributed by atoms with E-state index in [4.69, 9.17) is 9.47 Å². The molecule has 162 valence electrons. The first kappa shape index (κ1) is 20.9. The highest BCUT2D eigenvalue weighted by atomic mass is 16.5. The largest absolute Gasteiger partial charge is 0.493 e. The zero-order chi connectivity index (χ0) is 22.5. The van der Waals surface area contributed by atoms with E-state index in [1.165, 1.54) is 7.11 Å². The summed E-state index contributed by atoms with van der Waals surface area (Å²) in [7, 11) is 3.08. The van der Waals surface area contributed by atoms with Crippen LogP contribution in [0.4, 0.5) is 17.2 Å². The summed E-state index contributed by atoms with van der Waals surface area (Å²) in [5, 5.41) is 10.3. The highest BCUT2D eigenvalue weighted by Crippen LogP contribution is 2.28. The number of aryl methyl sites for hydroxylation is 1. The SMILES string of the molecule is COc1ccc(C(=O)Nc2ccc(Nc3cc(-n4cccn4)nc(C)n3)cc2)cc1OC. The fourth-order valence-corrected chi connectivity index (χ4v) is 3.10. The lowest BCUT2D eigenvalue weighted by Crippen LogP contribution is -2.12. The number of ether oxygens (including phenoxy) is 2. The third-order valence-electron chi connectivity index (χ3n) is 4.62. The van der Waals surface area contributed by atoms with Gasteiger partial charge in [0.2, 0.25) is 0 Å². The summed E-state index contributed by atoms with van der Waals surface area (Å²) < 4.78 is 12.1. The van der Waals surface area contributed by atoms with E-state index < -0.39 is 0 Å². The van der Waals surface area contributed by atoms with Crippen molar-refractivity contribution < 1.29 is 14.3 Å². The summed E-state index contributed by atoms with van der Waals surface area (Å²) in [5.74, 6) is 2.75. The molecule has 9 heteroatoms. The third kappa shape index (κ3) is 4.67. The highest BCUT2D eigenvalue weighted by Gasteiger charge is 2.11. The molecule has 4 rings (SSSR count). The molecule has 0 atom stereocenters. The number of benzene rings is 2. The minimum atomic E-state index is -0.248. The van der Waals surface area contributed by atoms with E-state index in [0.29, 0.717) is 40.2 Å².